The Labute approximate surface area is 94.2 Å². The average molecular weight is 230 g/mol. The maximum absolute atomic E-state index is 11.6. The Balaban J connectivity index is 2.46. The standard InChI is InChI=1S/C10H18N2O4/c1-6(7-3-4-7)12(2)10(16)11-8(5-13)9(14)15/h6-8,13H,3-5H2,1-2H3,(H,11,16)(H,14,15)/t6?,8-/m0/s1. The van der Waals surface area contributed by atoms with Crippen LogP contribution in [0, 0.1) is 5.92 Å². The Morgan fingerprint density at radius 2 is 2.06 bits per heavy atom. The van der Waals surface area contributed by atoms with Gasteiger partial charge in [0, 0.05) is 13.1 Å². The smallest absolute Gasteiger partial charge is 0.328 e. The van der Waals surface area contributed by atoms with E-state index in [9.17, 15) is 9.59 Å². The third-order valence-electron chi connectivity index (χ3n) is 3.01. The number of aliphatic hydroxyl groups is 1. The zero-order chi connectivity index (χ0) is 12.3. The van der Waals surface area contributed by atoms with Crippen LogP contribution in [0.25, 0.3) is 0 Å². The number of aliphatic hydroxyl groups excluding tert-OH is 1. The highest BCUT2D eigenvalue weighted by Gasteiger charge is 2.33. The number of carbonyl (C=O) groups is 2. The molecule has 3 N–H and O–H groups in total. The van der Waals surface area contributed by atoms with Crippen molar-refractivity contribution in [2.24, 2.45) is 5.92 Å². The molecule has 1 rings (SSSR count). The minimum atomic E-state index is -1.23. The molecule has 1 fully saturated rings. The molecule has 2 atom stereocenters. The van der Waals surface area contributed by atoms with Gasteiger partial charge in [0.2, 0.25) is 0 Å². The largest absolute Gasteiger partial charge is 0.480 e. The highest BCUT2D eigenvalue weighted by atomic mass is 16.4. The Hall–Kier alpha value is -1.30. The number of hydrogen-bond acceptors (Lipinski definition) is 3. The zero-order valence-electron chi connectivity index (χ0n) is 9.51. The normalized spacial score (nSPS) is 18.7. The molecule has 1 aliphatic rings. The van der Waals surface area contributed by atoms with E-state index in [0.717, 1.165) is 12.8 Å². The van der Waals surface area contributed by atoms with E-state index in [1.807, 2.05) is 6.92 Å². The summed E-state index contributed by atoms with van der Waals surface area (Å²) in [4.78, 5) is 23.7. The summed E-state index contributed by atoms with van der Waals surface area (Å²) in [6.45, 7) is 1.33. The number of carboxylic acids is 1. The molecular weight excluding hydrogens is 212 g/mol. The van der Waals surface area contributed by atoms with Gasteiger partial charge < -0.3 is 20.4 Å². The van der Waals surface area contributed by atoms with Crippen LogP contribution in [0.3, 0.4) is 0 Å². The van der Waals surface area contributed by atoms with Crippen molar-refractivity contribution < 1.29 is 19.8 Å². The average Bonchev–Trinajstić information content (AvgIpc) is 3.06. The molecule has 1 aliphatic carbocycles. The molecule has 0 aromatic carbocycles. The lowest BCUT2D eigenvalue weighted by Gasteiger charge is -2.26. The number of hydrogen-bond donors (Lipinski definition) is 3. The van der Waals surface area contributed by atoms with Crippen molar-refractivity contribution in [2.45, 2.75) is 31.8 Å². The lowest BCUT2D eigenvalue weighted by molar-refractivity contribution is -0.140. The maximum Gasteiger partial charge on any atom is 0.328 e. The molecule has 6 heteroatoms. The molecule has 92 valence electrons. The number of nitrogens with one attached hydrogen (secondary N) is 1. The van der Waals surface area contributed by atoms with E-state index >= 15 is 0 Å². The highest BCUT2D eigenvalue weighted by Crippen LogP contribution is 2.34. The Morgan fingerprint density at radius 3 is 2.44 bits per heavy atom. The van der Waals surface area contributed by atoms with Gasteiger partial charge in [-0.3, -0.25) is 0 Å². The molecule has 0 aromatic rings. The van der Waals surface area contributed by atoms with Crippen LogP contribution in [0.4, 0.5) is 4.79 Å². The number of amides is 2. The molecule has 2 amide bonds. The van der Waals surface area contributed by atoms with Gasteiger partial charge in [-0.05, 0) is 25.7 Å². The first-order valence-corrected chi connectivity index (χ1v) is 5.34. The van der Waals surface area contributed by atoms with Gasteiger partial charge in [0.25, 0.3) is 0 Å². The first-order valence-electron chi connectivity index (χ1n) is 5.34. The molecule has 16 heavy (non-hydrogen) atoms. The van der Waals surface area contributed by atoms with Crippen LogP contribution in [0.5, 0.6) is 0 Å². The van der Waals surface area contributed by atoms with Crippen molar-refractivity contribution in [2.75, 3.05) is 13.7 Å². The monoisotopic (exact) mass is 230 g/mol. The molecule has 0 spiro atoms. The van der Waals surface area contributed by atoms with Crippen LogP contribution in [-0.4, -0.2) is 52.9 Å². The fourth-order valence-electron chi connectivity index (χ4n) is 1.52. The molecular formula is C10H18N2O4. The van der Waals surface area contributed by atoms with Crippen molar-refractivity contribution in [3.63, 3.8) is 0 Å². The number of urea groups is 1. The van der Waals surface area contributed by atoms with E-state index in [0.29, 0.717) is 5.92 Å². The fourth-order valence-corrected chi connectivity index (χ4v) is 1.52. The van der Waals surface area contributed by atoms with E-state index < -0.39 is 24.6 Å². The van der Waals surface area contributed by atoms with Gasteiger partial charge in [-0.2, -0.15) is 0 Å². The molecule has 6 nitrogen and oxygen atoms in total. The van der Waals surface area contributed by atoms with Crippen LogP contribution < -0.4 is 5.32 Å². The molecule has 0 bridgehead atoms. The molecule has 0 heterocycles. The molecule has 0 aliphatic heterocycles. The van der Waals surface area contributed by atoms with E-state index in [-0.39, 0.29) is 6.04 Å². The summed E-state index contributed by atoms with van der Waals surface area (Å²) in [6, 6.07) is -1.59. The summed E-state index contributed by atoms with van der Waals surface area (Å²) in [5, 5.41) is 19.7. The van der Waals surface area contributed by atoms with Gasteiger partial charge in [0.15, 0.2) is 6.04 Å². The summed E-state index contributed by atoms with van der Waals surface area (Å²) < 4.78 is 0. The molecule has 0 aromatic heterocycles. The molecule has 0 saturated heterocycles. The van der Waals surface area contributed by atoms with Gasteiger partial charge in [-0.1, -0.05) is 0 Å². The summed E-state index contributed by atoms with van der Waals surface area (Å²) in [5.41, 5.74) is 0. The van der Waals surface area contributed by atoms with Crippen LogP contribution in [-0.2, 0) is 4.79 Å². The predicted molar refractivity (Wildman–Crippen MR) is 57.0 cm³/mol. The number of carboxylic acid groups (broad SMARTS) is 1. The minimum Gasteiger partial charge on any atom is -0.480 e. The van der Waals surface area contributed by atoms with Gasteiger partial charge in [-0.15, -0.1) is 0 Å². The third-order valence-corrected chi connectivity index (χ3v) is 3.01. The molecule has 1 saturated carbocycles. The van der Waals surface area contributed by atoms with E-state index in [1.165, 1.54) is 4.90 Å². The highest BCUT2D eigenvalue weighted by molar-refractivity contribution is 5.82. The van der Waals surface area contributed by atoms with E-state index in [1.54, 1.807) is 7.05 Å². The number of nitrogens with zero attached hydrogens (tertiary/aromatic N) is 1. The maximum atomic E-state index is 11.6. The number of carbonyl (C=O) groups excluding carboxylic acids is 1. The Kier molecular flexibility index (Phi) is 4.12. The second-order valence-electron chi connectivity index (χ2n) is 4.21. The number of aliphatic carboxylic acids is 1. The summed E-state index contributed by atoms with van der Waals surface area (Å²) >= 11 is 0. The Bertz CT molecular complexity index is 278. The van der Waals surface area contributed by atoms with Crippen molar-refractivity contribution in [3.8, 4) is 0 Å². The van der Waals surface area contributed by atoms with Gasteiger partial charge >= 0.3 is 12.0 Å². The molecule has 0 radical (unpaired) electrons. The van der Waals surface area contributed by atoms with Crippen LogP contribution >= 0.6 is 0 Å². The summed E-state index contributed by atoms with van der Waals surface area (Å²) in [5.74, 6) is -0.712. The quantitative estimate of drug-likeness (QED) is 0.613. The third kappa shape index (κ3) is 3.10. The summed E-state index contributed by atoms with van der Waals surface area (Å²) in [7, 11) is 1.63. The van der Waals surface area contributed by atoms with Gasteiger partial charge in [0.05, 0.1) is 6.61 Å². The van der Waals surface area contributed by atoms with Crippen LogP contribution in [0.2, 0.25) is 0 Å². The van der Waals surface area contributed by atoms with Crippen molar-refractivity contribution in [1.29, 1.82) is 0 Å². The first-order chi connectivity index (χ1) is 7.47. The Morgan fingerprint density at radius 1 is 1.50 bits per heavy atom. The predicted octanol–water partition coefficient (Wildman–Crippen LogP) is -0.128. The van der Waals surface area contributed by atoms with Gasteiger partial charge in [0.1, 0.15) is 0 Å². The summed E-state index contributed by atoms with van der Waals surface area (Å²) in [6.07, 6.45) is 2.22. The number of rotatable bonds is 5. The topological polar surface area (TPSA) is 89.9 Å². The fraction of sp³-hybridized carbons (Fsp3) is 0.800. The van der Waals surface area contributed by atoms with E-state index in [2.05, 4.69) is 5.32 Å². The van der Waals surface area contributed by atoms with Crippen molar-refractivity contribution in [1.82, 2.24) is 10.2 Å². The second kappa shape index (κ2) is 5.16. The van der Waals surface area contributed by atoms with Gasteiger partial charge in [-0.25, -0.2) is 9.59 Å². The van der Waals surface area contributed by atoms with Crippen molar-refractivity contribution >= 4 is 12.0 Å². The van der Waals surface area contributed by atoms with Crippen LogP contribution in [0.15, 0.2) is 0 Å². The second-order valence-corrected chi connectivity index (χ2v) is 4.21. The lowest BCUT2D eigenvalue weighted by atomic mass is 10.2. The first kappa shape index (κ1) is 12.8. The SMILES string of the molecule is CC(C1CC1)N(C)C(=O)N[C@@H](CO)C(=O)O. The van der Waals surface area contributed by atoms with E-state index in [4.69, 9.17) is 10.2 Å². The van der Waals surface area contributed by atoms with Crippen LogP contribution in [0.1, 0.15) is 19.8 Å². The van der Waals surface area contributed by atoms with Crippen molar-refractivity contribution in [3.05, 3.63) is 0 Å². The lowest BCUT2D eigenvalue weighted by Crippen LogP contribution is -2.51. The minimum absolute atomic E-state index is 0.105. The molecule has 1 unspecified atom stereocenters. The zero-order valence-corrected chi connectivity index (χ0v) is 9.51.